The lowest BCUT2D eigenvalue weighted by Gasteiger charge is -2.06. The standard InChI is InChI=1S/C14H20ClN3S/c1-3-11-9-12(4-2)18(17-11)8-7-16-10-13-5-6-14(15)19-13/h5-6,9,16H,3-4,7-8,10H2,1-2H3. The summed E-state index contributed by atoms with van der Waals surface area (Å²) in [6, 6.07) is 6.22. The first kappa shape index (κ1) is 14.6. The number of thiophene rings is 1. The van der Waals surface area contributed by atoms with Gasteiger partial charge in [0.05, 0.1) is 16.6 Å². The summed E-state index contributed by atoms with van der Waals surface area (Å²) in [5, 5.41) is 8.04. The van der Waals surface area contributed by atoms with Gasteiger partial charge in [0.1, 0.15) is 0 Å². The minimum atomic E-state index is 0.852. The molecule has 0 aliphatic heterocycles. The zero-order valence-electron chi connectivity index (χ0n) is 11.4. The van der Waals surface area contributed by atoms with Crippen LogP contribution in [-0.2, 0) is 25.9 Å². The van der Waals surface area contributed by atoms with Crippen LogP contribution in [0, 0.1) is 0 Å². The van der Waals surface area contributed by atoms with Crippen LogP contribution in [0.15, 0.2) is 18.2 Å². The van der Waals surface area contributed by atoms with E-state index in [0.29, 0.717) is 0 Å². The molecule has 1 N–H and O–H groups in total. The van der Waals surface area contributed by atoms with Gasteiger partial charge in [-0.2, -0.15) is 5.10 Å². The fourth-order valence-electron chi connectivity index (χ4n) is 2.01. The molecule has 0 bridgehead atoms. The summed E-state index contributed by atoms with van der Waals surface area (Å²) in [5.74, 6) is 0. The van der Waals surface area contributed by atoms with Crippen molar-refractivity contribution < 1.29 is 0 Å². The quantitative estimate of drug-likeness (QED) is 0.793. The van der Waals surface area contributed by atoms with Gasteiger partial charge >= 0.3 is 0 Å². The van der Waals surface area contributed by atoms with E-state index in [0.717, 1.165) is 36.8 Å². The summed E-state index contributed by atoms with van der Waals surface area (Å²) in [6.07, 6.45) is 2.04. The molecule has 0 amide bonds. The van der Waals surface area contributed by atoms with Crippen molar-refractivity contribution in [2.75, 3.05) is 6.54 Å². The molecule has 0 saturated heterocycles. The Labute approximate surface area is 123 Å². The first-order valence-corrected chi connectivity index (χ1v) is 7.93. The average molecular weight is 298 g/mol. The van der Waals surface area contributed by atoms with E-state index in [-0.39, 0.29) is 0 Å². The summed E-state index contributed by atoms with van der Waals surface area (Å²) >= 11 is 7.53. The summed E-state index contributed by atoms with van der Waals surface area (Å²) in [4.78, 5) is 1.27. The molecular formula is C14H20ClN3S. The Morgan fingerprint density at radius 2 is 2.16 bits per heavy atom. The maximum atomic E-state index is 5.90. The zero-order chi connectivity index (χ0) is 13.7. The van der Waals surface area contributed by atoms with Crippen LogP contribution in [0.3, 0.4) is 0 Å². The molecule has 0 aromatic carbocycles. The highest BCUT2D eigenvalue weighted by atomic mass is 35.5. The molecule has 0 aliphatic rings. The number of rotatable bonds is 7. The van der Waals surface area contributed by atoms with Crippen molar-refractivity contribution in [3.05, 3.63) is 38.8 Å². The number of nitrogens with zero attached hydrogens (tertiary/aromatic N) is 2. The van der Waals surface area contributed by atoms with Crippen molar-refractivity contribution in [1.29, 1.82) is 0 Å². The van der Waals surface area contributed by atoms with Crippen LogP contribution in [0.25, 0.3) is 0 Å². The molecule has 0 aliphatic carbocycles. The molecule has 2 heterocycles. The number of halogens is 1. The fraction of sp³-hybridized carbons (Fsp3) is 0.500. The molecule has 0 spiro atoms. The van der Waals surface area contributed by atoms with Gasteiger partial charge in [-0.15, -0.1) is 11.3 Å². The van der Waals surface area contributed by atoms with Gasteiger partial charge in [0, 0.05) is 23.7 Å². The fourth-order valence-corrected chi connectivity index (χ4v) is 3.07. The van der Waals surface area contributed by atoms with Crippen molar-refractivity contribution in [2.45, 2.75) is 39.8 Å². The van der Waals surface area contributed by atoms with Gasteiger partial charge in [-0.05, 0) is 31.0 Å². The first-order chi connectivity index (χ1) is 9.22. The van der Waals surface area contributed by atoms with E-state index in [1.165, 1.54) is 16.3 Å². The van der Waals surface area contributed by atoms with Crippen molar-refractivity contribution in [2.24, 2.45) is 0 Å². The maximum Gasteiger partial charge on any atom is 0.0931 e. The molecule has 2 rings (SSSR count). The molecule has 2 aromatic rings. The van der Waals surface area contributed by atoms with Gasteiger partial charge < -0.3 is 5.32 Å². The summed E-state index contributed by atoms with van der Waals surface area (Å²) < 4.78 is 2.97. The highest BCUT2D eigenvalue weighted by Gasteiger charge is 2.04. The monoisotopic (exact) mass is 297 g/mol. The molecule has 5 heteroatoms. The van der Waals surface area contributed by atoms with Gasteiger partial charge in [0.15, 0.2) is 0 Å². The second-order valence-electron chi connectivity index (χ2n) is 4.44. The Hall–Kier alpha value is -0.840. The first-order valence-electron chi connectivity index (χ1n) is 6.73. The Bertz CT molecular complexity index is 518. The number of hydrogen-bond donors (Lipinski definition) is 1. The number of hydrogen-bond acceptors (Lipinski definition) is 3. The number of aromatic nitrogens is 2. The predicted octanol–water partition coefficient (Wildman–Crippen LogP) is 3.51. The number of nitrogens with one attached hydrogen (secondary N) is 1. The summed E-state index contributed by atoms with van der Waals surface area (Å²) in [6.45, 7) is 7.04. The average Bonchev–Trinajstić information content (AvgIpc) is 3.00. The Morgan fingerprint density at radius 1 is 1.32 bits per heavy atom. The van der Waals surface area contributed by atoms with Crippen molar-refractivity contribution >= 4 is 22.9 Å². The summed E-state index contributed by atoms with van der Waals surface area (Å²) in [7, 11) is 0. The van der Waals surface area contributed by atoms with E-state index in [1.807, 2.05) is 6.07 Å². The zero-order valence-corrected chi connectivity index (χ0v) is 13.0. The normalized spacial score (nSPS) is 11.1. The van der Waals surface area contributed by atoms with E-state index < -0.39 is 0 Å². The smallest absolute Gasteiger partial charge is 0.0931 e. The van der Waals surface area contributed by atoms with Gasteiger partial charge in [-0.3, -0.25) is 4.68 Å². The van der Waals surface area contributed by atoms with Crippen LogP contribution >= 0.6 is 22.9 Å². The van der Waals surface area contributed by atoms with Gasteiger partial charge in [0.25, 0.3) is 0 Å². The van der Waals surface area contributed by atoms with Crippen LogP contribution in [0.1, 0.15) is 30.1 Å². The molecule has 0 unspecified atom stereocenters. The van der Waals surface area contributed by atoms with Gasteiger partial charge in [-0.1, -0.05) is 25.4 Å². The lowest BCUT2D eigenvalue weighted by Crippen LogP contribution is -2.20. The maximum absolute atomic E-state index is 5.90. The predicted molar refractivity (Wildman–Crippen MR) is 82.0 cm³/mol. The van der Waals surface area contributed by atoms with Crippen molar-refractivity contribution in [1.82, 2.24) is 15.1 Å². The molecule has 0 atom stereocenters. The van der Waals surface area contributed by atoms with Crippen molar-refractivity contribution in [3.8, 4) is 0 Å². The van der Waals surface area contributed by atoms with Crippen LogP contribution in [0.4, 0.5) is 0 Å². The molecule has 0 radical (unpaired) electrons. The second kappa shape index (κ2) is 7.08. The Balaban J connectivity index is 1.80. The highest BCUT2D eigenvalue weighted by molar-refractivity contribution is 7.16. The lowest BCUT2D eigenvalue weighted by molar-refractivity contribution is 0.536. The van der Waals surface area contributed by atoms with Gasteiger partial charge in [-0.25, -0.2) is 0 Å². The molecule has 0 fully saturated rings. The minimum Gasteiger partial charge on any atom is -0.310 e. The third kappa shape index (κ3) is 4.06. The molecule has 2 aromatic heterocycles. The Kier molecular flexibility index (Phi) is 5.43. The topological polar surface area (TPSA) is 29.9 Å². The minimum absolute atomic E-state index is 0.852. The van der Waals surface area contributed by atoms with Crippen LogP contribution in [-0.4, -0.2) is 16.3 Å². The lowest BCUT2D eigenvalue weighted by atomic mass is 10.2. The SMILES string of the molecule is CCc1cc(CC)n(CCNCc2ccc(Cl)s2)n1. The van der Waals surface area contributed by atoms with Crippen LogP contribution in [0.2, 0.25) is 4.34 Å². The van der Waals surface area contributed by atoms with Crippen LogP contribution in [0.5, 0.6) is 0 Å². The van der Waals surface area contributed by atoms with Gasteiger partial charge in [0.2, 0.25) is 0 Å². The molecule has 104 valence electrons. The molecular weight excluding hydrogens is 278 g/mol. The van der Waals surface area contributed by atoms with E-state index in [9.17, 15) is 0 Å². The van der Waals surface area contributed by atoms with Crippen LogP contribution < -0.4 is 5.32 Å². The second-order valence-corrected chi connectivity index (χ2v) is 6.24. The highest BCUT2D eigenvalue weighted by Crippen LogP contribution is 2.20. The molecule has 3 nitrogen and oxygen atoms in total. The number of aryl methyl sites for hydroxylation is 2. The third-order valence-corrected chi connectivity index (χ3v) is 4.30. The van der Waals surface area contributed by atoms with E-state index >= 15 is 0 Å². The Morgan fingerprint density at radius 3 is 2.79 bits per heavy atom. The summed E-state index contributed by atoms with van der Waals surface area (Å²) in [5.41, 5.74) is 2.50. The molecule has 0 saturated carbocycles. The van der Waals surface area contributed by atoms with Crippen molar-refractivity contribution in [3.63, 3.8) is 0 Å². The van der Waals surface area contributed by atoms with E-state index in [1.54, 1.807) is 11.3 Å². The van der Waals surface area contributed by atoms with E-state index in [2.05, 4.69) is 41.1 Å². The third-order valence-electron chi connectivity index (χ3n) is 3.07. The largest absolute Gasteiger partial charge is 0.310 e. The van der Waals surface area contributed by atoms with E-state index in [4.69, 9.17) is 11.6 Å². The molecule has 19 heavy (non-hydrogen) atoms.